The van der Waals surface area contributed by atoms with E-state index in [1.165, 1.54) is 0 Å². The minimum atomic E-state index is -5.07. The van der Waals surface area contributed by atoms with E-state index in [9.17, 15) is 52.7 Å². The van der Waals surface area contributed by atoms with Gasteiger partial charge >= 0.3 is 12.4 Å². The summed E-state index contributed by atoms with van der Waals surface area (Å²) in [7, 11) is -0.429. The van der Waals surface area contributed by atoms with E-state index in [0.29, 0.717) is 0 Å². The quantitative estimate of drug-likeness (QED) is 0.314. The first-order valence-corrected chi connectivity index (χ1v) is 9.56. The minimum Gasteiger partial charge on any atom is -0.206 e. The number of hydrogen-bond donors (Lipinski definition) is 0. The van der Waals surface area contributed by atoms with Crippen molar-refractivity contribution in [2.45, 2.75) is 35.0 Å². The Hall–Kier alpha value is -1.70. The molecule has 0 aliphatic heterocycles. The van der Waals surface area contributed by atoms with Crippen molar-refractivity contribution in [2.75, 3.05) is 0 Å². The molecule has 14 heteroatoms. The van der Waals surface area contributed by atoms with Gasteiger partial charge in [-0.3, -0.25) is 0 Å². The molecule has 2 aromatic carbocycles. The normalized spacial score (nSPS) is 12.5. The lowest BCUT2D eigenvalue weighted by molar-refractivity contribution is -0.129. The second kappa shape index (κ2) is 8.81. The molecule has 0 saturated carbocycles. The Labute approximate surface area is 168 Å². The first kappa shape index (κ1) is 24.6. The summed E-state index contributed by atoms with van der Waals surface area (Å²) >= 11 is 0. The lowest BCUT2D eigenvalue weighted by atomic mass is 10.1. The third kappa shape index (κ3) is 5.93. The van der Waals surface area contributed by atoms with E-state index in [-0.39, 0.29) is 33.7 Å². The Balaban J connectivity index is 2.42. The van der Waals surface area contributed by atoms with Gasteiger partial charge in [0, 0.05) is 23.3 Å². The smallest absolute Gasteiger partial charge is 0.206 e. The monoisotopic (exact) mass is 490 g/mol. The zero-order valence-corrected chi connectivity index (χ0v) is 15.6. The number of benzene rings is 2. The fourth-order valence-electron chi connectivity index (χ4n) is 2.18. The predicted octanol–water partition coefficient (Wildman–Crippen LogP) is 7.53. The molecular weight excluding hydrogens is 484 g/mol. The van der Waals surface area contributed by atoms with Crippen molar-refractivity contribution >= 4 is 21.6 Å². The molecule has 0 amide bonds. The maximum absolute atomic E-state index is 14.2. The molecule has 0 radical (unpaired) electrons. The maximum Gasteiger partial charge on any atom is 0.393 e. The molecule has 0 aromatic heterocycles. The standard InChI is InChI=1S/C16H6F12S2/c17-7-1-9(19)13(11(21)5(7)3-15(23,24)25)29-30-14-10(20)2-8(18)6(12(14)22)4-16(26,27)28/h1-2H,3-4H2. The van der Waals surface area contributed by atoms with Gasteiger partial charge in [0.1, 0.15) is 34.9 Å². The lowest BCUT2D eigenvalue weighted by Gasteiger charge is -2.14. The van der Waals surface area contributed by atoms with Crippen LogP contribution < -0.4 is 0 Å². The number of hydrogen-bond acceptors (Lipinski definition) is 2. The second-order valence-corrected chi connectivity index (χ2v) is 7.82. The number of halogens is 12. The summed E-state index contributed by atoms with van der Waals surface area (Å²) in [6.07, 6.45) is -14.4. The van der Waals surface area contributed by atoms with E-state index in [1.807, 2.05) is 0 Å². The van der Waals surface area contributed by atoms with Crippen molar-refractivity contribution in [3.05, 3.63) is 58.2 Å². The molecule has 0 fully saturated rings. The van der Waals surface area contributed by atoms with Gasteiger partial charge < -0.3 is 0 Å². The van der Waals surface area contributed by atoms with E-state index in [0.717, 1.165) is 0 Å². The minimum absolute atomic E-state index is 0.0838. The van der Waals surface area contributed by atoms with Crippen molar-refractivity contribution in [3.63, 3.8) is 0 Å². The predicted molar refractivity (Wildman–Crippen MR) is 83.9 cm³/mol. The summed E-state index contributed by atoms with van der Waals surface area (Å²) < 4.78 is 158. The van der Waals surface area contributed by atoms with Crippen molar-refractivity contribution in [3.8, 4) is 0 Å². The van der Waals surface area contributed by atoms with E-state index < -0.39 is 81.0 Å². The molecular formula is C16H6F12S2. The highest BCUT2D eigenvalue weighted by Crippen LogP contribution is 2.45. The van der Waals surface area contributed by atoms with Crippen LogP contribution >= 0.6 is 21.6 Å². The number of alkyl halides is 6. The van der Waals surface area contributed by atoms with Gasteiger partial charge in [0.15, 0.2) is 0 Å². The van der Waals surface area contributed by atoms with Gasteiger partial charge in [0.25, 0.3) is 0 Å². The van der Waals surface area contributed by atoms with Gasteiger partial charge in [-0.15, -0.1) is 0 Å². The Morgan fingerprint density at radius 2 is 0.833 bits per heavy atom. The molecule has 0 unspecified atom stereocenters. The summed E-state index contributed by atoms with van der Waals surface area (Å²) in [6, 6.07) is -0.168. The van der Waals surface area contributed by atoms with Crippen LogP contribution in [-0.4, -0.2) is 12.4 Å². The highest BCUT2D eigenvalue weighted by molar-refractivity contribution is 8.76. The van der Waals surface area contributed by atoms with Gasteiger partial charge in [0.05, 0.1) is 22.6 Å². The summed E-state index contributed by atoms with van der Waals surface area (Å²) in [5, 5.41) is 0. The summed E-state index contributed by atoms with van der Waals surface area (Å²) in [6.45, 7) is 0. The van der Waals surface area contributed by atoms with Crippen LogP contribution in [0.1, 0.15) is 11.1 Å². The van der Waals surface area contributed by atoms with Crippen LogP contribution in [0.15, 0.2) is 21.9 Å². The summed E-state index contributed by atoms with van der Waals surface area (Å²) in [5.41, 5.74) is -3.13. The second-order valence-electron chi connectivity index (χ2n) is 5.67. The van der Waals surface area contributed by atoms with Crippen LogP contribution in [0, 0.1) is 34.9 Å². The zero-order valence-electron chi connectivity index (χ0n) is 13.9. The molecule has 0 saturated heterocycles. The zero-order chi connectivity index (χ0) is 23.0. The average Bonchev–Trinajstić information content (AvgIpc) is 2.56. The number of rotatable bonds is 5. The van der Waals surface area contributed by atoms with E-state index in [1.54, 1.807) is 0 Å². The van der Waals surface area contributed by atoms with Crippen molar-refractivity contribution < 1.29 is 52.7 Å². The molecule has 0 aliphatic carbocycles. The van der Waals surface area contributed by atoms with Crippen LogP contribution in [-0.2, 0) is 12.8 Å². The highest BCUT2D eigenvalue weighted by Gasteiger charge is 2.34. The Kier molecular flexibility index (Phi) is 7.21. The van der Waals surface area contributed by atoms with E-state index >= 15 is 0 Å². The van der Waals surface area contributed by atoms with Gasteiger partial charge in [-0.25, -0.2) is 26.3 Å². The van der Waals surface area contributed by atoms with Crippen LogP contribution in [0.2, 0.25) is 0 Å². The van der Waals surface area contributed by atoms with Gasteiger partial charge in [-0.2, -0.15) is 26.3 Å². The molecule has 0 heterocycles. The van der Waals surface area contributed by atoms with Gasteiger partial charge in [0.2, 0.25) is 0 Å². The van der Waals surface area contributed by atoms with Crippen molar-refractivity contribution in [1.29, 1.82) is 0 Å². The van der Waals surface area contributed by atoms with Gasteiger partial charge in [-0.1, -0.05) is 0 Å². The maximum atomic E-state index is 14.2. The lowest BCUT2D eigenvalue weighted by Crippen LogP contribution is -2.15. The van der Waals surface area contributed by atoms with E-state index in [4.69, 9.17) is 0 Å². The molecule has 0 bridgehead atoms. The fourth-order valence-corrected chi connectivity index (χ4v) is 4.44. The summed E-state index contributed by atoms with van der Waals surface area (Å²) in [5.74, 6) is -11.1. The molecule has 30 heavy (non-hydrogen) atoms. The molecule has 2 rings (SSSR count). The summed E-state index contributed by atoms with van der Waals surface area (Å²) in [4.78, 5) is -2.55. The first-order chi connectivity index (χ1) is 13.6. The van der Waals surface area contributed by atoms with Crippen LogP contribution in [0.3, 0.4) is 0 Å². The third-order valence-electron chi connectivity index (χ3n) is 3.41. The molecule has 0 spiro atoms. The molecule has 0 aliphatic rings. The SMILES string of the molecule is Fc1cc(F)c(SSc2c(F)cc(F)c(CC(F)(F)F)c2F)c(F)c1CC(F)(F)F. The molecule has 0 atom stereocenters. The molecule has 0 nitrogen and oxygen atoms in total. The highest BCUT2D eigenvalue weighted by atomic mass is 33.1. The Morgan fingerprint density at radius 1 is 0.533 bits per heavy atom. The Bertz CT molecular complexity index is 872. The Morgan fingerprint density at radius 3 is 1.10 bits per heavy atom. The largest absolute Gasteiger partial charge is 0.393 e. The molecule has 0 N–H and O–H groups in total. The first-order valence-electron chi connectivity index (χ1n) is 7.41. The van der Waals surface area contributed by atoms with Crippen molar-refractivity contribution in [1.82, 2.24) is 0 Å². The molecule has 2 aromatic rings. The van der Waals surface area contributed by atoms with Crippen LogP contribution in [0.4, 0.5) is 52.7 Å². The van der Waals surface area contributed by atoms with E-state index in [2.05, 4.69) is 0 Å². The molecule has 166 valence electrons. The van der Waals surface area contributed by atoms with Crippen molar-refractivity contribution in [2.24, 2.45) is 0 Å². The third-order valence-corrected chi connectivity index (χ3v) is 5.82. The average molecular weight is 490 g/mol. The fraction of sp³-hybridized carbons (Fsp3) is 0.250. The van der Waals surface area contributed by atoms with Gasteiger partial charge in [-0.05, 0) is 21.6 Å². The van der Waals surface area contributed by atoms with Crippen LogP contribution in [0.25, 0.3) is 0 Å². The van der Waals surface area contributed by atoms with Crippen LogP contribution in [0.5, 0.6) is 0 Å². The topological polar surface area (TPSA) is 0 Å².